The number of aromatic nitrogens is 1. The molecule has 2 N–H and O–H groups in total. The van der Waals surface area contributed by atoms with E-state index < -0.39 is 0 Å². The summed E-state index contributed by atoms with van der Waals surface area (Å²) in [5, 5.41) is 8.40. The Morgan fingerprint density at radius 3 is 3.11 bits per heavy atom. The molecule has 1 aromatic heterocycles. The van der Waals surface area contributed by atoms with Crippen molar-refractivity contribution in [2.24, 2.45) is 13.0 Å². The lowest BCUT2D eigenvalue weighted by atomic mass is 10.1. The number of nitrogens with one attached hydrogen (secondary N) is 2. The molecule has 0 radical (unpaired) electrons. The van der Waals surface area contributed by atoms with Crippen molar-refractivity contribution in [2.45, 2.75) is 19.4 Å². The van der Waals surface area contributed by atoms with E-state index >= 15 is 0 Å². The van der Waals surface area contributed by atoms with E-state index in [0.717, 1.165) is 19.0 Å². The first-order chi connectivity index (χ1) is 9.34. The van der Waals surface area contributed by atoms with Crippen molar-refractivity contribution >= 4 is 10.9 Å². The highest BCUT2D eigenvalue weighted by Crippen LogP contribution is 2.20. The molecule has 1 saturated heterocycles. The molecule has 1 atom stereocenters. The van der Waals surface area contributed by atoms with Crippen molar-refractivity contribution in [3.05, 3.63) is 36.0 Å². The first-order valence-electron chi connectivity index (χ1n) is 7.29. The minimum Gasteiger partial charge on any atom is -0.350 e. The fourth-order valence-electron chi connectivity index (χ4n) is 3.06. The van der Waals surface area contributed by atoms with Crippen LogP contribution in [0.3, 0.4) is 0 Å². The van der Waals surface area contributed by atoms with E-state index in [2.05, 4.69) is 52.7 Å². The second kappa shape index (κ2) is 5.76. The molecule has 0 saturated carbocycles. The molecule has 1 aliphatic heterocycles. The highest BCUT2D eigenvalue weighted by atomic mass is 14.9. The number of para-hydroxylation sites is 1. The molecule has 1 fully saturated rings. The Morgan fingerprint density at radius 1 is 1.37 bits per heavy atom. The summed E-state index contributed by atoms with van der Waals surface area (Å²) in [6.45, 7) is 4.50. The third-order valence-electron chi connectivity index (χ3n) is 4.19. The van der Waals surface area contributed by atoms with Crippen LogP contribution in [0.5, 0.6) is 0 Å². The van der Waals surface area contributed by atoms with Crippen molar-refractivity contribution < 1.29 is 0 Å². The molecule has 3 heteroatoms. The van der Waals surface area contributed by atoms with Crippen molar-refractivity contribution in [3.63, 3.8) is 0 Å². The topological polar surface area (TPSA) is 29.0 Å². The third kappa shape index (κ3) is 2.82. The molecule has 0 bridgehead atoms. The maximum atomic E-state index is 3.59. The number of aryl methyl sites for hydroxylation is 1. The van der Waals surface area contributed by atoms with Crippen LogP contribution >= 0.6 is 0 Å². The maximum absolute atomic E-state index is 3.59. The average molecular weight is 257 g/mol. The summed E-state index contributed by atoms with van der Waals surface area (Å²) in [5.41, 5.74) is 2.72. The minimum absolute atomic E-state index is 0.875. The normalized spacial score (nSPS) is 19.3. The molecule has 102 valence electrons. The summed E-state index contributed by atoms with van der Waals surface area (Å²) in [7, 11) is 2.12. The Morgan fingerprint density at radius 2 is 2.26 bits per heavy atom. The smallest absolute Gasteiger partial charge is 0.0481 e. The SMILES string of the molecule is Cn1cc(CNCCC2CCNC2)c2ccccc21. The first kappa shape index (κ1) is 12.7. The number of hydrogen-bond acceptors (Lipinski definition) is 2. The van der Waals surface area contributed by atoms with E-state index in [1.807, 2.05) is 0 Å². The van der Waals surface area contributed by atoms with Gasteiger partial charge in [0.1, 0.15) is 0 Å². The van der Waals surface area contributed by atoms with E-state index in [0.29, 0.717) is 0 Å². The quantitative estimate of drug-likeness (QED) is 0.805. The van der Waals surface area contributed by atoms with Gasteiger partial charge in [0.25, 0.3) is 0 Å². The molecule has 1 aliphatic rings. The van der Waals surface area contributed by atoms with Crippen LogP contribution in [0.2, 0.25) is 0 Å². The average Bonchev–Trinajstić information content (AvgIpc) is 3.04. The van der Waals surface area contributed by atoms with E-state index in [4.69, 9.17) is 0 Å². The fraction of sp³-hybridized carbons (Fsp3) is 0.500. The predicted molar refractivity (Wildman–Crippen MR) is 80.2 cm³/mol. The Balaban J connectivity index is 1.56. The number of benzene rings is 1. The fourth-order valence-corrected chi connectivity index (χ4v) is 3.06. The van der Waals surface area contributed by atoms with E-state index in [9.17, 15) is 0 Å². The van der Waals surface area contributed by atoms with Crippen LogP contribution < -0.4 is 10.6 Å². The summed E-state index contributed by atoms with van der Waals surface area (Å²) < 4.78 is 2.22. The highest BCUT2D eigenvalue weighted by molar-refractivity contribution is 5.83. The molecule has 0 amide bonds. The van der Waals surface area contributed by atoms with Crippen LogP contribution in [0.1, 0.15) is 18.4 Å². The van der Waals surface area contributed by atoms with Crippen LogP contribution in [0, 0.1) is 5.92 Å². The van der Waals surface area contributed by atoms with Gasteiger partial charge in [-0.2, -0.15) is 0 Å². The Labute approximate surface area is 115 Å². The first-order valence-corrected chi connectivity index (χ1v) is 7.29. The Hall–Kier alpha value is -1.32. The monoisotopic (exact) mass is 257 g/mol. The van der Waals surface area contributed by atoms with Gasteiger partial charge in [-0.05, 0) is 50.0 Å². The summed E-state index contributed by atoms with van der Waals surface area (Å²) in [4.78, 5) is 0. The van der Waals surface area contributed by atoms with Crippen LogP contribution in [0.4, 0.5) is 0 Å². The van der Waals surface area contributed by atoms with Gasteiger partial charge < -0.3 is 15.2 Å². The lowest BCUT2D eigenvalue weighted by Crippen LogP contribution is -2.19. The number of hydrogen-bond donors (Lipinski definition) is 2. The van der Waals surface area contributed by atoms with Crippen LogP contribution in [-0.2, 0) is 13.6 Å². The molecule has 1 aromatic carbocycles. The Kier molecular flexibility index (Phi) is 3.85. The summed E-state index contributed by atoms with van der Waals surface area (Å²) in [5.74, 6) is 0.875. The van der Waals surface area contributed by atoms with Crippen molar-refractivity contribution in [3.8, 4) is 0 Å². The van der Waals surface area contributed by atoms with Gasteiger partial charge >= 0.3 is 0 Å². The number of fused-ring (bicyclic) bond motifs is 1. The van der Waals surface area contributed by atoms with Gasteiger partial charge in [-0.25, -0.2) is 0 Å². The van der Waals surface area contributed by atoms with Gasteiger partial charge in [0.15, 0.2) is 0 Å². The molecule has 2 heterocycles. The molecule has 3 nitrogen and oxygen atoms in total. The van der Waals surface area contributed by atoms with E-state index in [1.54, 1.807) is 0 Å². The van der Waals surface area contributed by atoms with E-state index in [-0.39, 0.29) is 0 Å². The largest absolute Gasteiger partial charge is 0.350 e. The van der Waals surface area contributed by atoms with Gasteiger partial charge in [-0.15, -0.1) is 0 Å². The third-order valence-corrected chi connectivity index (χ3v) is 4.19. The van der Waals surface area contributed by atoms with Crippen molar-refractivity contribution in [2.75, 3.05) is 19.6 Å². The molecule has 2 aromatic rings. The predicted octanol–water partition coefficient (Wildman–Crippen LogP) is 2.27. The summed E-state index contributed by atoms with van der Waals surface area (Å²) in [6, 6.07) is 8.62. The second-order valence-electron chi connectivity index (χ2n) is 5.61. The zero-order chi connectivity index (χ0) is 13.1. The molecule has 0 aliphatic carbocycles. The molecule has 19 heavy (non-hydrogen) atoms. The van der Waals surface area contributed by atoms with Gasteiger partial charge in [0.05, 0.1) is 0 Å². The lowest BCUT2D eigenvalue weighted by molar-refractivity contribution is 0.500. The molecule has 1 unspecified atom stereocenters. The Bertz CT molecular complexity index is 538. The van der Waals surface area contributed by atoms with Gasteiger partial charge in [-0.3, -0.25) is 0 Å². The molecule has 3 rings (SSSR count). The molecule has 0 spiro atoms. The summed E-state index contributed by atoms with van der Waals surface area (Å²) >= 11 is 0. The van der Waals surface area contributed by atoms with Crippen molar-refractivity contribution in [1.29, 1.82) is 0 Å². The molecular formula is C16H23N3. The lowest BCUT2D eigenvalue weighted by Gasteiger charge is -2.08. The number of nitrogens with zero attached hydrogens (tertiary/aromatic N) is 1. The zero-order valence-corrected chi connectivity index (χ0v) is 11.7. The highest BCUT2D eigenvalue weighted by Gasteiger charge is 2.13. The second-order valence-corrected chi connectivity index (χ2v) is 5.61. The van der Waals surface area contributed by atoms with Gasteiger partial charge in [0, 0.05) is 30.7 Å². The van der Waals surface area contributed by atoms with Gasteiger partial charge in [0.2, 0.25) is 0 Å². The maximum Gasteiger partial charge on any atom is 0.0481 e. The van der Waals surface area contributed by atoms with Crippen LogP contribution in [-0.4, -0.2) is 24.2 Å². The molecular weight excluding hydrogens is 234 g/mol. The van der Waals surface area contributed by atoms with Gasteiger partial charge in [-0.1, -0.05) is 18.2 Å². The zero-order valence-electron chi connectivity index (χ0n) is 11.7. The van der Waals surface area contributed by atoms with E-state index in [1.165, 1.54) is 42.4 Å². The standard InChI is InChI=1S/C16H23N3/c1-19-12-14(15-4-2-3-5-16(15)19)11-18-9-7-13-6-8-17-10-13/h2-5,12-13,17-18H,6-11H2,1H3. The summed E-state index contributed by atoms with van der Waals surface area (Å²) in [6.07, 6.45) is 4.88. The van der Waals surface area contributed by atoms with Crippen molar-refractivity contribution in [1.82, 2.24) is 15.2 Å². The minimum atomic E-state index is 0.875. The van der Waals surface area contributed by atoms with Crippen LogP contribution in [0.15, 0.2) is 30.5 Å². The number of rotatable bonds is 5. The van der Waals surface area contributed by atoms with Crippen LogP contribution in [0.25, 0.3) is 10.9 Å².